The Labute approximate surface area is 57.5 Å². The average Bonchev–Trinajstić information content (AvgIpc) is 1.82. The van der Waals surface area contributed by atoms with E-state index >= 15 is 0 Å². The molecule has 0 aromatic rings. The zero-order valence-electron chi connectivity index (χ0n) is 6.55. The minimum absolute atomic E-state index is 0.296. The third kappa shape index (κ3) is 4.19. The monoisotopic (exact) mass is 128 g/mol. The predicted molar refractivity (Wildman–Crippen MR) is 39.3 cm³/mol. The lowest BCUT2D eigenvalue weighted by Crippen LogP contribution is -2.03. The highest BCUT2D eigenvalue weighted by molar-refractivity contribution is 5.53. The van der Waals surface area contributed by atoms with Gasteiger partial charge in [-0.2, -0.15) is 0 Å². The van der Waals surface area contributed by atoms with E-state index in [1.165, 1.54) is 0 Å². The summed E-state index contributed by atoms with van der Waals surface area (Å²) < 4.78 is 0. The molecular weight excluding hydrogens is 112 g/mol. The summed E-state index contributed by atoms with van der Waals surface area (Å²) in [6, 6.07) is 0. The Hall–Kier alpha value is -0.330. The molecule has 0 saturated heterocycles. The van der Waals surface area contributed by atoms with Crippen LogP contribution in [0.4, 0.5) is 0 Å². The van der Waals surface area contributed by atoms with E-state index in [0.717, 1.165) is 19.1 Å². The molecule has 1 nitrogen and oxygen atoms in total. The fraction of sp³-hybridized carbons (Fsp3) is 0.875. The summed E-state index contributed by atoms with van der Waals surface area (Å²) in [6.45, 7) is 6.35. The van der Waals surface area contributed by atoms with Crippen LogP contribution >= 0.6 is 0 Å². The van der Waals surface area contributed by atoms with E-state index in [0.29, 0.717) is 11.8 Å². The Bertz CT molecular complexity index is 76.6. The van der Waals surface area contributed by atoms with Gasteiger partial charge in [-0.25, -0.2) is 0 Å². The van der Waals surface area contributed by atoms with Gasteiger partial charge in [-0.05, 0) is 18.8 Å². The van der Waals surface area contributed by atoms with Gasteiger partial charge < -0.3 is 4.79 Å². The van der Waals surface area contributed by atoms with Crippen molar-refractivity contribution in [2.45, 2.75) is 33.6 Å². The molecule has 0 unspecified atom stereocenters. The second-order valence-corrected chi connectivity index (χ2v) is 2.93. The molecule has 0 aliphatic carbocycles. The highest BCUT2D eigenvalue weighted by Crippen LogP contribution is 2.11. The molecule has 0 fully saturated rings. The largest absolute Gasteiger partial charge is 0.303 e. The van der Waals surface area contributed by atoms with Gasteiger partial charge in [-0.15, -0.1) is 0 Å². The van der Waals surface area contributed by atoms with Crippen LogP contribution < -0.4 is 0 Å². The standard InChI is InChI=1S/C8H16O/c1-4-8(6-9)5-7(2)3/h6-8H,4-5H2,1-3H3/t8-/m0/s1. The number of carbonyl (C=O) groups is 1. The lowest BCUT2D eigenvalue weighted by atomic mass is 9.96. The van der Waals surface area contributed by atoms with Gasteiger partial charge in [-0.1, -0.05) is 20.8 Å². The first-order chi connectivity index (χ1) is 4.20. The van der Waals surface area contributed by atoms with Crippen LogP contribution in [0.25, 0.3) is 0 Å². The van der Waals surface area contributed by atoms with Crippen molar-refractivity contribution in [2.24, 2.45) is 11.8 Å². The van der Waals surface area contributed by atoms with E-state index in [-0.39, 0.29) is 0 Å². The first-order valence-corrected chi connectivity index (χ1v) is 3.66. The van der Waals surface area contributed by atoms with Crippen LogP contribution in [0.15, 0.2) is 0 Å². The molecule has 0 radical (unpaired) electrons. The Balaban J connectivity index is 3.42. The summed E-state index contributed by atoms with van der Waals surface area (Å²) in [5.74, 6) is 0.949. The van der Waals surface area contributed by atoms with Gasteiger partial charge in [0, 0.05) is 5.92 Å². The van der Waals surface area contributed by atoms with Crippen molar-refractivity contribution < 1.29 is 4.79 Å². The quantitative estimate of drug-likeness (QED) is 0.531. The zero-order chi connectivity index (χ0) is 7.28. The Morgan fingerprint density at radius 3 is 2.11 bits per heavy atom. The summed E-state index contributed by atoms with van der Waals surface area (Å²) in [4.78, 5) is 10.3. The smallest absolute Gasteiger partial charge is 0.123 e. The van der Waals surface area contributed by atoms with E-state index in [9.17, 15) is 4.79 Å². The fourth-order valence-electron chi connectivity index (χ4n) is 0.924. The molecule has 0 spiro atoms. The molecule has 0 rings (SSSR count). The maximum Gasteiger partial charge on any atom is 0.123 e. The number of rotatable bonds is 4. The number of hydrogen-bond donors (Lipinski definition) is 0. The molecule has 0 N–H and O–H groups in total. The molecule has 1 heteroatoms. The van der Waals surface area contributed by atoms with Crippen molar-refractivity contribution in [2.75, 3.05) is 0 Å². The zero-order valence-corrected chi connectivity index (χ0v) is 6.55. The Morgan fingerprint density at radius 2 is 2.00 bits per heavy atom. The van der Waals surface area contributed by atoms with E-state index in [2.05, 4.69) is 20.8 Å². The highest BCUT2D eigenvalue weighted by atomic mass is 16.1. The van der Waals surface area contributed by atoms with E-state index in [1.807, 2.05) is 0 Å². The van der Waals surface area contributed by atoms with Gasteiger partial charge in [0.05, 0.1) is 0 Å². The Kier molecular flexibility index (Phi) is 4.37. The SMILES string of the molecule is CC[C@H](C=O)CC(C)C. The molecule has 54 valence electrons. The van der Waals surface area contributed by atoms with Crippen molar-refractivity contribution in [3.05, 3.63) is 0 Å². The molecule has 0 aliphatic heterocycles. The molecular formula is C8H16O. The van der Waals surface area contributed by atoms with Crippen LogP contribution in [0, 0.1) is 11.8 Å². The molecule has 0 aromatic carbocycles. The Morgan fingerprint density at radius 1 is 1.44 bits per heavy atom. The van der Waals surface area contributed by atoms with Crippen LogP contribution in [0.3, 0.4) is 0 Å². The lowest BCUT2D eigenvalue weighted by Gasteiger charge is -2.08. The van der Waals surface area contributed by atoms with Gasteiger partial charge in [0.2, 0.25) is 0 Å². The molecule has 0 bridgehead atoms. The van der Waals surface area contributed by atoms with Gasteiger partial charge in [-0.3, -0.25) is 0 Å². The summed E-state index contributed by atoms with van der Waals surface area (Å²) in [5.41, 5.74) is 0. The number of hydrogen-bond acceptors (Lipinski definition) is 1. The average molecular weight is 128 g/mol. The predicted octanol–water partition coefficient (Wildman–Crippen LogP) is 2.26. The van der Waals surface area contributed by atoms with Gasteiger partial charge in [0.25, 0.3) is 0 Å². The number of aldehydes is 1. The number of carbonyl (C=O) groups excluding carboxylic acids is 1. The molecule has 0 heterocycles. The van der Waals surface area contributed by atoms with Crippen LogP contribution in [0.5, 0.6) is 0 Å². The minimum Gasteiger partial charge on any atom is -0.303 e. The maximum absolute atomic E-state index is 10.3. The molecule has 9 heavy (non-hydrogen) atoms. The highest BCUT2D eigenvalue weighted by Gasteiger charge is 2.05. The van der Waals surface area contributed by atoms with Crippen LogP contribution in [0.1, 0.15) is 33.6 Å². The van der Waals surface area contributed by atoms with Gasteiger partial charge in [0.1, 0.15) is 6.29 Å². The van der Waals surface area contributed by atoms with Crippen molar-refractivity contribution in [1.29, 1.82) is 0 Å². The van der Waals surface area contributed by atoms with Gasteiger partial charge >= 0.3 is 0 Å². The summed E-state index contributed by atoms with van der Waals surface area (Å²) >= 11 is 0. The first kappa shape index (κ1) is 8.67. The molecule has 0 saturated carbocycles. The molecule has 1 atom stereocenters. The topological polar surface area (TPSA) is 17.1 Å². The minimum atomic E-state index is 0.296. The van der Waals surface area contributed by atoms with Crippen molar-refractivity contribution in [3.8, 4) is 0 Å². The van der Waals surface area contributed by atoms with E-state index < -0.39 is 0 Å². The summed E-state index contributed by atoms with van der Waals surface area (Å²) in [5, 5.41) is 0. The van der Waals surface area contributed by atoms with Crippen molar-refractivity contribution >= 4 is 6.29 Å². The second kappa shape index (κ2) is 4.54. The third-order valence-electron chi connectivity index (χ3n) is 1.49. The van der Waals surface area contributed by atoms with E-state index in [4.69, 9.17) is 0 Å². The molecule has 0 amide bonds. The van der Waals surface area contributed by atoms with Crippen LogP contribution in [0.2, 0.25) is 0 Å². The van der Waals surface area contributed by atoms with Crippen LogP contribution in [-0.2, 0) is 4.79 Å². The molecule has 0 aliphatic rings. The normalized spacial score (nSPS) is 13.8. The summed E-state index contributed by atoms with van der Waals surface area (Å²) in [7, 11) is 0. The van der Waals surface area contributed by atoms with Crippen molar-refractivity contribution in [3.63, 3.8) is 0 Å². The fourth-order valence-corrected chi connectivity index (χ4v) is 0.924. The second-order valence-electron chi connectivity index (χ2n) is 2.93. The van der Waals surface area contributed by atoms with Gasteiger partial charge in [0.15, 0.2) is 0 Å². The first-order valence-electron chi connectivity index (χ1n) is 3.66. The molecule has 0 aromatic heterocycles. The van der Waals surface area contributed by atoms with Crippen LogP contribution in [-0.4, -0.2) is 6.29 Å². The van der Waals surface area contributed by atoms with Crippen molar-refractivity contribution in [1.82, 2.24) is 0 Å². The van der Waals surface area contributed by atoms with E-state index in [1.54, 1.807) is 0 Å². The third-order valence-corrected chi connectivity index (χ3v) is 1.49. The maximum atomic E-state index is 10.3. The lowest BCUT2D eigenvalue weighted by molar-refractivity contribution is -0.111. The summed E-state index contributed by atoms with van der Waals surface area (Å²) in [6.07, 6.45) is 3.10.